The van der Waals surface area contributed by atoms with Gasteiger partial charge in [-0.15, -0.1) is 0 Å². The van der Waals surface area contributed by atoms with E-state index in [1.165, 1.54) is 70.6 Å². The van der Waals surface area contributed by atoms with Crippen molar-refractivity contribution in [2.75, 3.05) is 0 Å². The Kier molecular flexibility index (Phi) is 5.50. The maximum Gasteiger partial charge on any atom is 0.0602 e. The summed E-state index contributed by atoms with van der Waals surface area (Å²) >= 11 is 0. The SMILES string of the molecule is O[C@@H]1CC23CCCCCCCCCCCCC2(C1)[C@H](O)CC3. The molecule has 0 radical (unpaired) electrons. The van der Waals surface area contributed by atoms with Gasteiger partial charge in [0.2, 0.25) is 0 Å². The van der Waals surface area contributed by atoms with Crippen LogP contribution in [-0.2, 0) is 0 Å². The predicted octanol–water partition coefficient (Wildman–Crippen LogP) is 4.96. The number of hydrogen-bond acceptors (Lipinski definition) is 2. The molecule has 3 aliphatic rings. The quantitative estimate of drug-likeness (QED) is 0.664. The van der Waals surface area contributed by atoms with Gasteiger partial charge in [-0.05, 0) is 43.9 Å². The molecule has 3 fully saturated rings. The van der Waals surface area contributed by atoms with Crippen LogP contribution in [0.15, 0.2) is 0 Å². The smallest absolute Gasteiger partial charge is 0.0602 e. The van der Waals surface area contributed by atoms with E-state index in [4.69, 9.17) is 0 Å². The minimum atomic E-state index is -0.161. The van der Waals surface area contributed by atoms with Crippen molar-refractivity contribution in [3.8, 4) is 0 Å². The molecule has 128 valence electrons. The highest BCUT2D eigenvalue weighted by atomic mass is 16.3. The van der Waals surface area contributed by atoms with Gasteiger partial charge in [0.05, 0.1) is 12.2 Å². The van der Waals surface area contributed by atoms with Gasteiger partial charge in [-0.25, -0.2) is 0 Å². The highest BCUT2D eigenvalue weighted by molar-refractivity contribution is 5.13. The zero-order valence-electron chi connectivity index (χ0n) is 14.4. The van der Waals surface area contributed by atoms with E-state index in [9.17, 15) is 10.2 Å². The molecule has 2 N–H and O–H groups in total. The highest BCUT2D eigenvalue weighted by Crippen LogP contribution is 2.67. The molecule has 0 aliphatic heterocycles. The van der Waals surface area contributed by atoms with Crippen LogP contribution in [0.4, 0.5) is 0 Å². The first-order valence-corrected chi connectivity index (χ1v) is 10.0. The zero-order chi connectivity index (χ0) is 15.5. The van der Waals surface area contributed by atoms with Gasteiger partial charge in [0.1, 0.15) is 0 Å². The molecule has 2 nitrogen and oxygen atoms in total. The van der Waals surface area contributed by atoms with Crippen LogP contribution in [0.1, 0.15) is 103 Å². The number of aliphatic hydroxyl groups is 2. The monoisotopic (exact) mass is 308 g/mol. The number of aliphatic hydroxyl groups excluding tert-OH is 2. The maximum atomic E-state index is 10.8. The van der Waals surface area contributed by atoms with E-state index in [1.54, 1.807) is 0 Å². The molecular weight excluding hydrogens is 272 g/mol. The topological polar surface area (TPSA) is 40.5 Å². The molecule has 0 heterocycles. The molecule has 0 aromatic rings. The third-order valence-corrected chi connectivity index (χ3v) is 7.34. The summed E-state index contributed by atoms with van der Waals surface area (Å²) in [4.78, 5) is 0. The molecule has 0 amide bonds. The molecule has 2 unspecified atom stereocenters. The van der Waals surface area contributed by atoms with Crippen LogP contribution in [-0.4, -0.2) is 22.4 Å². The molecule has 0 spiro atoms. The lowest BCUT2D eigenvalue weighted by atomic mass is 9.62. The van der Waals surface area contributed by atoms with Crippen LogP contribution in [0.5, 0.6) is 0 Å². The van der Waals surface area contributed by atoms with Crippen molar-refractivity contribution < 1.29 is 10.2 Å². The lowest BCUT2D eigenvalue weighted by molar-refractivity contribution is -0.0211. The lowest BCUT2D eigenvalue weighted by Crippen LogP contribution is -2.40. The Hall–Kier alpha value is -0.0800. The molecule has 3 aliphatic carbocycles. The first kappa shape index (κ1) is 16.8. The zero-order valence-corrected chi connectivity index (χ0v) is 14.4. The maximum absolute atomic E-state index is 10.8. The van der Waals surface area contributed by atoms with Crippen LogP contribution >= 0.6 is 0 Å². The average molecular weight is 309 g/mol. The van der Waals surface area contributed by atoms with Crippen molar-refractivity contribution in [3.63, 3.8) is 0 Å². The Balaban J connectivity index is 1.73. The molecule has 0 aromatic heterocycles. The molecule has 3 rings (SSSR count). The van der Waals surface area contributed by atoms with Gasteiger partial charge in [0, 0.05) is 5.41 Å². The third kappa shape index (κ3) is 3.11. The summed E-state index contributed by atoms with van der Waals surface area (Å²) in [5.41, 5.74) is 0.312. The van der Waals surface area contributed by atoms with Crippen LogP contribution in [0.25, 0.3) is 0 Å². The second-order valence-electron chi connectivity index (χ2n) is 8.59. The number of hydrogen-bond donors (Lipinski definition) is 2. The van der Waals surface area contributed by atoms with Crippen molar-refractivity contribution in [2.45, 2.75) is 115 Å². The fourth-order valence-corrected chi connectivity index (χ4v) is 6.22. The second kappa shape index (κ2) is 7.21. The van der Waals surface area contributed by atoms with E-state index in [0.29, 0.717) is 0 Å². The predicted molar refractivity (Wildman–Crippen MR) is 90.8 cm³/mol. The summed E-state index contributed by atoms with van der Waals surface area (Å²) < 4.78 is 0. The minimum absolute atomic E-state index is 0.0521. The van der Waals surface area contributed by atoms with Gasteiger partial charge in [-0.2, -0.15) is 0 Å². The Bertz CT molecular complexity index is 356. The van der Waals surface area contributed by atoms with Gasteiger partial charge < -0.3 is 10.2 Å². The van der Waals surface area contributed by atoms with Gasteiger partial charge in [0.15, 0.2) is 0 Å². The van der Waals surface area contributed by atoms with E-state index in [-0.39, 0.29) is 23.0 Å². The molecule has 0 bridgehead atoms. The van der Waals surface area contributed by atoms with Crippen LogP contribution < -0.4 is 0 Å². The van der Waals surface area contributed by atoms with E-state index in [2.05, 4.69) is 0 Å². The Labute approximate surface area is 136 Å². The molecule has 0 aromatic carbocycles. The molecule has 2 heteroatoms. The Morgan fingerprint density at radius 2 is 1.14 bits per heavy atom. The normalized spacial score (nSPS) is 45.0. The Morgan fingerprint density at radius 1 is 0.591 bits per heavy atom. The first-order valence-electron chi connectivity index (χ1n) is 10.0. The summed E-state index contributed by atoms with van der Waals surface area (Å²) in [6.07, 6.45) is 19.7. The van der Waals surface area contributed by atoms with Crippen LogP contribution in [0.2, 0.25) is 0 Å². The molecule has 22 heavy (non-hydrogen) atoms. The van der Waals surface area contributed by atoms with Crippen molar-refractivity contribution in [2.24, 2.45) is 10.8 Å². The van der Waals surface area contributed by atoms with E-state index < -0.39 is 0 Å². The summed E-state index contributed by atoms with van der Waals surface area (Å²) in [7, 11) is 0. The fourth-order valence-electron chi connectivity index (χ4n) is 6.22. The van der Waals surface area contributed by atoms with Crippen molar-refractivity contribution in [1.82, 2.24) is 0 Å². The van der Waals surface area contributed by atoms with Crippen molar-refractivity contribution in [3.05, 3.63) is 0 Å². The molecule has 0 saturated heterocycles. The van der Waals surface area contributed by atoms with E-state index >= 15 is 0 Å². The van der Waals surface area contributed by atoms with Gasteiger partial charge in [-0.1, -0.05) is 64.2 Å². The van der Waals surface area contributed by atoms with Crippen molar-refractivity contribution >= 4 is 0 Å². The van der Waals surface area contributed by atoms with Gasteiger partial charge >= 0.3 is 0 Å². The second-order valence-corrected chi connectivity index (χ2v) is 8.59. The summed E-state index contributed by atoms with van der Waals surface area (Å²) in [5.74, 6) is 0. The average Bonchev–Trinajstić information content (AvgIpc) is 2.91. The largest absolute Gasteiger partial charge is 0.393 e. The Morgan fingerprint density at radius 3 is 1.77 bits per heavy atom. The standard InChI is InChI=1S/C20H36O2/c21-17-15-19-12-9-7-5-3-1-2-4-6-8-10-13-20(19,16-17)18(22)11-14-19/h17-18,21-22H,1-16H2/t17-,18-,19?,20?/m1/s1. The minimum Gasteiger partial charge on any atom is -0.393 e. The van der Waals surface area contributed by atoms with E-state index in [1.807, 2.05) is 0 Å². The highest BCUT2D eigenvalue weighted by Gasteiger charge is 2.63. The molecule has 3 saturated carbocycles. The lowest BCUT2D eigenvalue weighted by Gasteiger charge is -2.43. The summed E-state index contributed by atoms with van der Waals surface area (Å²) in [6, 6.07) is 0. The number of rotatable bonds is 0. The summed E-state index contributed by atoms with van der Waals surface area (Å²) in [5, 5.41) is 21.2. The first-order chi connectivity index (χ1) is 10.7. The van der Waals surface area contributed by atoms with Crippen LogP contribution in [0.3, 0.4) is 0 Å². The molecular formula is C20H36O2. The van der Waals surface area contributed by atoms with E-state index in [0.717, 1.165) is 32.1 Å². The van der Waals surface area contributed by atoms with Gasteiger partial charge in [-0.3, -0.25) is 0 Å². The van der Waals surface area contributed by atoms with Gasteiger partial charge in [0.25, 0.3) is 0 Å². The fraction of sp³-hybridized carbons (Fsp3) is 1.00. The van der Waals surface area contributed by atoms with Crippen molar-refractivity contribution in [1.29, 1.82) is 0 Å². The summed E-state index contributed by atoms with van der Waals surface area (Å²) in [6.45, 7) is 0. The molecule has 4 atom stereocenters. The van der Waals surface area contributed by atoms with Crippen LogP contribution in [0, 0.1) is 10.8 Å². The third-order valence-electron chi connectivity index (χ3n) is 7.34.